The lowest BCUT2D eigenvalue weighted by molar-refractivity contribution is -0.0168. The molecule has 0 aliphatic carbocycles. The van der Waals surface area contributed by atoms with Gasteiger partial charge in [0.1, 0.15) is 0 Å². The van der Waals surface area contributed by atoms with Gasteiger partial charge in [-0.3, -0.25) is 9.80 Å². The molecule has 0 aromatic carbocycles. The summed E-state index contributed by atoms with van der Waals surface area (Å²) in [4.78, 5) is 4.51. The fourth-order valence-corrected chi connectivity index (χ4v) is 2.28. The molecule has 0 amide bonds. The van der Waals surface area contributed by atoms with Crippen LogP contribution in [0, 0.1) is 11.3 Å². The standard InChI is InChI=1S/C13H25N3O/c1-4-13(17,5-2)11-15-6-8-16(9-7-15)12(3)10-14/h12,17H,4-9,11H2,1-3H3. The molecule has 1 atom stereocenters. The normalized spacial score (nSPS) is 21.1. The van der Waals surface area contributed by atoms with E-state index in [0.717, 1.165) is 45.6 Å². The molecule has 1 N–H and O–H groups in total. The second-order valence-electron chi connectivity index (χ2n) is 5.05. The molecular formula is C13H25N3O. The highest BCUT2D eigenvalue weighted by atomic mass is 16.3. The van der Waals surface area contributed by atoms with Crippen LogP contribution >= 0.6 is 0 Å². The van der Waals surface area contributed by atoms with E-state index in [0.29, 0.717) is 0 Å². The van der Waals surface area contributed by atoms with Gasteiger partial charge in [-0.05, 0) is 19.8 Å². The van der Waals surface area contributed by atoms with Crippen LogP contribution in [0.15, 0.2) is 0 Å². The fourth-order valence-electron chi connectivity index (χ4n) is 2.28. The Morgan fingerprint density at radius 1 is 1.24 bits per heavy atom. The molecule has 0 radical (unpaired) electrons. The van der Waals surface area contributed by atoms with Crippen molar-refractivity contribution < 1.29 is 5.11 Å². The number of hydrogen-bond acceptors (Lipinski definition) is 4. The summed E-state index contributed by atoms with van der Waals surface area (Å²) in [6.07, 6.45) is 1.61. The van der Waals surface area contributed by atoms with Gasteiger partial charge in [-0.2, -0.15) is 5.26 Å². The van der Waals surface area contributed by atoms with Crippen LogP contribution in [0.1, 0.15) is 33.6 Å². The molecule has 4 heteroatoms. The Morgan fingerprint density at radius 2 is 1.76 bits per heavy atom. The van der Waals surface area contributed by atoms with E-state index in [1.807, 2.05) is 20.8 Å². The van der Waals surface area contributed by atoms with Crippen molar-refractivity contribution >= 4 is 0 Å². The number of nitrogens with zero attached hydrogens (tertiary/aromatic N) is 3. The highest BCUT2D eigenvalue weighted by molar-refractivity contribution is 4.91. The summed E-state index contributed by atoms with van der Waals surface area (Å²) in [5.74, 6) is 0. The van der Waals surface area contributed by atoms with Crippen LogP contribution in [0.25, 0.3) is 0 Å². The van der Waals surface area contributed by atoms with Crippen molar-refractivity contribution in [3.63, 3.8) is 0 Å². The van der Waals surface area contributed by atoms with Crippen LogP contribution in [-0.4, -0.2) is 59.3 Å². The first-order valence-corrected chi connectivity index (χ1v) is 6.63. The van der Waals surface area contributed by atoms with E-state index in [4.69, 9.17) is 5.26 Å². The van der Waals surface area contributed by atoms with Gasteiger partial charge in [-0.15, -0.1) is 0 Å². The zero-order valence-electron chi connectivity index (χ0n) is 11.3. The molecule has 0 aromatic heterocycles. The number of β-amino-alcohol motifs (C(OH)–C–C–N with tert-alkyl or cyclic N) is 1. The van der Waals surface area contributed by atoms with Crippen LogP contribution in [0.2, 0.25) is 0 Å². The lowest BCUT2D eigenvalue weighted by Gasteiger charge is -2.39. The minimum absolute atomic E-state index is 0.00776. The summed E-state index contributed by atoms with van der Waals surface area (Å²) >= 11 is 0. The van der Waals surface area contributed by atoms with E-state index in [-0.39, 0.29) is 6.04 Å². The Bertz CT molecular complexity index is 262. The van der Waals surface area contributed by atoms with Crippen molar-refractivity contribution in [2.45, 2.75) is 45.3 Å². The van der Waals surface area contributed by atoms with Gasteiger partial charge in [-0.25, -0.2) is 0 Å². The molecule has 1 unspecified atom stereocenters. The second-order valence-corrected chi connectivity index (χ2v) is 5.05. The Morgan fingerprint density at radius 3 is 2.18 bits per heavy atom. The molecule has 1 aliphatic heterocycles. The van der Waals surface area contributed by atoms with Gasteiger partial charge in [0.25, 0.3) is 0 Å². The first-order valence-electron chi connectivity index (χ1n) is 6.63. The number of hydrogen-bond donors (Lipinski definition) is 1. The average molecular weight is 239 g/mol. The van der Waals surface area contributed by atoms with E-state index < -0.39 is 5.60 Å². The Kier molecular flexibility index (Phi) is 5.38. The summed E-state index contributed by atoms with van der Waals surface area (Å²) in [7, 11) is 0. The van der Waals surface area contributed by atoms with E-state index in [2.05, 4.69) is 15.9 Å². The quantitative estimate of drug-likeness (QED) is 0.779. The summed E-state index contributed by atoms with van der Waals surface area (Å²) in [6, 6.07) is 2.29. The molecule has 4 nitrogen and oxygen atoms in total. The first-order chi connectivity index (χ1) is 8.04. The van der Waals surface area contributed by atoms with Crippen molar-refractivity contribution in [3.8, 4) is 6.07 Å². The molecule has 1 heterocycles. The lowest BCUT2D eigenvalue weighted by atomic mass is 9.96. The first kappa shape index (κ1) is 14.4. The summed E-state index contributed by atoms with van der Waals surface area (Å²) < 4.78 is 0. The van der Waals surface area contributed by atoms with Gasteiger partial charge in [0, 0.05) is 32.7 Å². The van der Waals surface area contributed by atoms with Gasteiger partial charge < -0.3 is 5.11 Å². The SMILES string of the molecule is CCC(O)(CC)CN1CCN(C(C)C#N)CC1. The zero-order valence-corrected chi connectivity index (χ0v) is 11.3. The summed E-state index contributed by atoms with van der Waals surface area (Å²) in [5, 5.41) is 19.2. The molecule has 1 fully saturated rings. The van der Waals surface area contributed by atoms with Gasteiger partial charge in [0.2, 0.25) is 0 Å². The topological polar surface area (TPSA) is 50.5 Å². The molecule has 1 saturated heterocycles. The third kappa shape index (κ3) is 3.95. The molecule has 17 heavy (non-hydrogen) atoms. The molecule has 0 saturated carbocycles. The highest BCUT2D eigenvalue weighted by Gasteiger charge is 2.28. The predicted molar refractivity (Wildman–Crippen MR) is 68.6 cm³/mol. The smallest absolute Gasteiger partial charge is 0.0950 e. The lowest BCUT2D eigenvalue weighted by Crippen LogP contribution is -2.53. The highest BCUT2D eigenvalue weighted by Crippen LogP contribution is 2.17. The maximum atomic E-state index is 10.3. The second kappa shape index (κ2) is 6.34. The molecule has 0 bridgehead atoms. The van der Waals surface area contributed by atoms with Gasteiger partial charge in [0.05, 0.1) is 17.7 Å². The van der Waals surface area contributed by atoms with E-state index in [1.54, 1.807) is 0 Å². The molecule has 0 spiro atoms. The van der Waals surface area contributed by atoms with Crippen LogP contribution < -0.4 is 0 Å². The van der Waals surface area contributed by atoms with Crippen molar-refractivity contribution in [2.75, 3.05) is 32.7 Å². The minimum atomic E-state index is -0.539. The summed E-state index contributed by atoms with van der Waals surface area (Å²) in [6.45, 7) is 10.5. The molecular weight excluding hydrogens is 214 g/mol. The van der Waals surface area contributed by atoms with Gasteiger partial charge in [-0.1, -0.05) is 13.8 Å². The number of piperazine rings is 1. The van der Waals surface area contributed by atoms with E-state index in [9.17, 15) is 5.11 Å². The molecule has 1 rings (SSSR count). The largest absolute Gasteiger partial charge is 0.389 e. The molecule has 0 aromatic rings. The Balaban J connectivity index is 2.40. The Hall–Kier alpha value is -0.630. The third-order valence-corrected chi connectivity index (χ3v) is 3.98. The van der Waals surface area contributed by atoms with Crippen LogP contribution in [0.5, 0.6) is 0 Å². The fraction of sp³-hybridized carbons (Fsp3) is 0.923. The van der Waals surface area contributed by atoms with Gasteiger partial charge in [0.15, 0.2) is 0 Å². The zero-order chi connectivity index (χ0) is 12.9. The van der Waals surface area contributed by atoms with E-state index >= 15 is 0 Å². The van der Waals surface area contributed by atoms with Crippen LogP contribution in [0.3, 0.4) is 0 Å². The van der Waals surface area contributed by atoms with Crippen molar-refractivity contribution in [1.29, 1.82) is 5.26 Å². The van der Waals surface area contributed by atoms with Crippen molar-refractivity contribution in [2.24, 2.45) is 0 Å². The summed E-state index contributed by atoms with van der Waals surface area (Å²) in [5.41, 5.74) is -0.539. The maximum absolute atomic E-state index is 10.3. The van der Waals surface area contributed by atoms with Crippen LogP contribution in [-0.2, 0) is 0 Å². The predicted octanol–water partition coefficient (Wildman–Crippen LogP) is 1.07. The number of aliphatic hydroxyl groups is 1. The molecule has 1 aliphatic rings. The monoisotopic (exact) mass is 239 g/mol. The number of nitriles is 1. The van der Waals surface area contributed by atoms with Crippen molar-refractivity contribution in [1.82, 2.24) is 9.80 Å². The maximum Gasteiger partial charge on any atom is 0.0950 e. The third-order valence-electron chi connectivity index (χ3n) is 3.98. The minimum Gasteiger partial charge on any atom is -0.389 e. The van der Waals surface area contributed by atoms with Crippen LogP contribution in [0.4, 0.5) is 0 Å². The average Bonchev–Trinajstić information content (AvgIpc) is 2.38. The number of rotatable bonds is 5. The molecule has 98 valence electrons. The van der Waals surface area contributed by atoms with E-state index in [1.165, 1.54) is 0 Å². The van der Waals surface area contributed by atoms with Crippen molar-refractivity contribution in [3.05, 3.63) is 0 Å². The Labute approximate surface area is 105 Å². The van der Waals surface area contributed by atoms with Gasteiger partial charge >= 0.3 is 0 Å².